The van der Waals surface area contributed by atoms with E-state index in [2.05, 4.69) is 20.2 Å². The maximum atomic E-state index is 12.7. The molecular formula is C23H28F3N7O3. The summed E-state index contributed by atoms with van der Waals surface area (Å²) in [7, 11) is 0. The standard InChI is InChI=1S/C23H28F3N7O3/c1-14(33-16(3)15(2)20-18(33)12-29-30-21(20)35)13-36-9-4-19(34)31-5-7-32(8-6-31)22-27-10-17(11-28-22)23(24,25)26/h10-12,14H,4-9,13H2,1-3H3,(H,30,35). The Morgan fingerprint density at radius 3 is 2.44 bits per heavy atom. The fourth-order valence-corrected chi connectivity index (χ4v) is 4.48. The summed E-state index contributed by atoms with van der Waals surface area (Å²) >= 11 is 0. The SMILES string of the molecule is Cc1c(C)n(C(C)COCCC(=O)N2CCN(c3ncc(C(F)(F)F)cn3)CC2)c2cn[nH]c(=O)c12. The third-order valence-electron chi connectivity index (χ3n) is 6.52. The number of halogens is 3. The van der Waals surface area contributed by atoms with E-state index in [0.29, 0.717) is 38.2 Å². The first-order chi connectivity index (χ1) is 17.1. The van der Waals surface area contributed by atoms with Crippen LogP contribution in [0, 0.1) is 13.8 Å². The van der Waals surface area contributed by atoms with E-state index in [1.165, 1.54) is 0 Å². The Balaban J connectivity index is 1.24. The lowest BCUT2D eigenvalue weighted by atomic mass is 10.2. The minimum atomic E-state index is -4.48. The van der Waals surface area contributed by atoms with E-state index in [9.17, 15) is 22.8 Å². The Hall–Kier alpha value is -3.48. The second-order valence-corrected chi connectivity index (χ2v) is 8.85. The molecular weight excluding hydrogens is 479 g/mol. The van der Waals surface area contributed by atoms with Gasteiger partial charge in [-0.1, -0.05) is 0 Å². The molecule has 1 atom stereocenters. The third-order valence-corrected chi connectivity index (χ3v) is 6.52. The van der Waals surface area contributed by atoms with Crippen LogP contribution in [-0.4, -0.2) is 74.9 Å². The van der Waals surface area contributed by atoms with Crippen LogP contribution < -0.4 is 10.5 Å². The monoisotopic (exact) mass is 507 g/mol. The fourth-order valence-electron chi connectivity index (χ4n) is 4.48. The number of H-pyrrole nitrogens is 1. The lowest BCUT2D eigenvalue weighted by Crippen LogP contribution is -2.49. The number of aryl methyl sites for hydroxylation is 1. The molecule has 0 aliphatic carbocycles. The predicted molar refractivity (Wildman–Crippen MR) is 126 cm³/mol. The number of aromatic nitrogens is 5. The van der Waals surface area contributed by atoms with Gasteiger partial charge in [-0.2, -0.15) is 18.3 Å². The number of amides is 1. The van der Waals surface area contributed by atoms with Gasteiger partial charge < -0.3 is 19.1 Å². The zero-order valence-electron chi connectivity index (χ0n) is 20.3. The van der Waals surface area contributed by atoms with Gasteiger partial charge in [0, 0.05) is 44.3 Å². The molecule has 1 unspecified atom stereocenters. The van der Waals surface area contributed by atoms with Crippen molar-refractivity contribution in [3.05, 3.63) is 45.8 Å². The van der Waals surface area contributed by atoms with E-state index in [1.807, 2.05) is 25.3 Å². The van der Waals surface area contributed by atoms with Crippen LogP contribution in [0.15, 0.2) is 23.4 Å². The van der Waals surface area contributed by atoms with E-state index in [-0.39, 0.29) is 36.5 Å². The summed E-state index contributed by atoms with van der Waals surface area (Å²) < 4.78 is 45.9. The molecule has 1 amide bonds. The number of hydrogen-bond donors (Lipinski definition) is 1. The molecule has 10 nitrogen and oxygen atoms in total. The van der Waals surface area contributed by atoms with Crippen LogP contribution in [0.3, 0.4) is 0 Å². The molecule has 1 aliphatic rings. The number of carbonyl (C=O) groups excluding carboxylic acids is 1. The smallest absolute Gasteiger partial charge is 0.379 e. The van der Waals surface area contributed by atoms with Gasteiger partial charge >= 0.3 is 6.18 Å². The minimum Gasteiger partial charge on any atom is -0.379 e. The number of piperazine rings is 1. The molecule has 36 heavy (non-hydrogen) atoms. The van der Waals surface area contributed by atoms with Crippen molar-refractivity contribution in [1.29, 1.82) is 0 Å². The number of ether oxygens (including phenoxy) is 1. The molecule has 0 aromatic carbocycles. The van der Waals surface area contributed by atoms with Crippen LogP contribution >= 0.6 is 0 Å². The van der Waals surface area contributed by atoms with Gasteiger partial charge in [0.1, 0.15) is 0 Å². The van der Waals surface area contributed by atoms with Crippen molar-refractivity contribution < 1.29 is 22.7 Å². The lowest BCUT2D eigenvalue weighted by molar-refractivity contribution is -0.138. The number of hydrogen-bond acceptors (Lipinski definition) is 7. The highest BCUT2D eigenvalue weighted by atomic mass is 19.4. The number of nitrogens with zero attached hydrogens (tertiary/aromatic N) is 6. The average molecular weight is 508 g/mol. The zero-order valence-corrected chi connectivity index (χ0v) is 20.3. The zero-order chi connectivity index (χ0) is 26.0. The highest BCUT2D eigenvalue weighted by Gasteiger charge is 2.32. The Morgan fingerprint density at radius 1 is 1.14 bits per heavy atom. The number of aromatic amines is 1. The Morgan fingerprint density at radius 2 is 1.81 bits per heavy atom. The molecule has 0 bridgehead atoms. The summed E-state index contributed by atoms with van der Waals surface area (Å²) in [4.78, 5) is 35.9. The molecule has 3 aromatic heterocycles. The first-order valence-electron chi connectivity index (χ1n) is 11.6. The first kappa shape index (κ1) is 25.6. The van der Waals surface area contributed by atoms with Gasteiger partial charge in [-0.15, -0.1) is 0 Å². The summed E-state index contributed by atoms with van der Waals surface area (Å²) in [5, 5.41) is 7.00. The van der Waals surface area contributed by atoms with E-state index in [1.54, 1.807) is 16.0 Å². The first-order valence-corrected chi connectivity index (χ1v) is 11.6. The maximum absolute atomic E-state index is 12.7. The molecule has 4 heterocycles. The van der Waals surface area contributed by atoms with Gasteiger partial charge in [0.15, 0.2) is 0 Å². The van der Waals surface area contributed by atoms with Crippen LogP contribution in [0.5, 0.6) is 0 Å². The molecule has 1 N–H and O–H groups in total. The molecule has 194 valence electrons. The van der Waals surface area contributed by atoms with Crippen LogP contribution in [-0.2, 0) is 15.7 Å². The topological polar surface area (TPSA) is 109 Å². The third kappa shape index (κ3) is 5.20. The second kappa shape index (κ2) is 10.2. The Kier molecular flexibility index (Phi) is 7.29. The van der Waals surface area contributed by atoms with Crippen molar-refractivity contribution in [2.75, 3.05) is 44.3 Å². The number of rotatable bonds is 7. The molecule has 3 aromatic rings. The molecule has 1 saturated heterocycles. The summed E-state index contributed by atoms with van der Waals surface area (Å²) in [6.07, 6.45) is -1.09. The van der Waals surface area contributed by atoms with Crippen LogP contribution in [0.1, 0.15) is 36.2 Å². The van der Waals surface area contributed by atoms with Crippen molar-refractivity contribution >= 4 is 22.8 Å². The van der Waals surface area contributed by atoms with Crippen LogP contribution in [0.25, 0.3) is 10.9 Å². The Bertz CT molecular complexity index is 1280. The summed E-state index contributed by atoms with van der Waals surface area (Å²) in [6.45, 7) is 8.16. The van der Waals surface area contributed by atoms with Gasteiger partial charge in [0.25, 0.3) is 5.56 Å². The maximum Gasteiger partial charge on any atom is 0.419 e. The van der Waals surface area contributed by atoms with Crippen LogP contribution in [0.2, 0.25) is 0 Å². The van der Waals surface area contributed by atoms with E-state index in [4.69, 9.17) is 4.74 Å². The number of anilines is 1. The molecule has 4 rings (SSSR count). The van der Waals surface area contributed by atoms with Gasteiger partial charge in [-0.3, -0.25) is 9.59 Å². The highest BCUT2D eigenvalue weighted by molar-refractivity contribution is 5.83. The summed E-state index contributed by atoms with van der Waals surface area (Å²) in [6, 6.07) is -0.0628. The average Bonchev–Trinajstić information content (AvgIpc) is 3.12. The van der Waals surface area contributed by atoms with Crippen molar-refractivity contribution in [2.24, 2.45) is 0 Å². The summed E-state index contributed by atoms with van der Waals surface area (Å²) in [5.74, 6) is 0.164. The highest BCUT2D eigenvalue weighted by Crippen LogP contribution is 2.28. The Labute approximate surface area is 205 Å². The molecule has 0 radical (unpaired) electrons. The number of nitrogens with one attached hydrogen (secondary N) is 1. The lowest BCUT2D eigenvalue weighted by Gasteiger charge is -2.34. The normalized spacial score (nSPS) is 15.5. The van der Waals surface area contributed by atoms with Crippen molar-refractivity contribution in [2.45, 2.75) is 39.4 Å². The van der Waals surface area contributed by atoms with Gasteiger partial charge in [-0.05, 0) is 26.3 Å². The van der Waals surface area contributed by atoms with Crippen molar-refractivity contribution in [3.8, 4) is 0 Å². The largest absolute Gasteiger partial charge is 0.419 e. The van der Waals surface area contributed by atoms with Gasteiger partial charge in [0.05, 0.1) is 48.3 Å². The van der Waals surface area contributed by atoms with Crippen molar-refractivity contribution in [1.82, 2.24) is 29.6 Å². The second-order valence-electron chi connectivity index (χ2n) is 8.85. The van der Waals surface area contributed by atoms with E-state index in [0.717, 1.165) is 29.2 Å². The molecule has 0 spiro atoms. The van der Waals surface area contributed by atoms with Crippen molar-refractivity contribution in [3.63, 3.8) is 0 Å². The predicted octanol–water partition coefficient (Wildman–Crippen LogP) is 2.47. The van der Waals surface area contributed by atoms with Gasteiger partial charge in [0.2, 0.25) is 11.9 Å². The molecule has 13 heteroatoms. The number of alkyl halides is 3. The molecule has 0 saturated carbocycles. The van der Waals surface area contributed by atoms with Gasteiger partial charge in [-0.25, -0.2) is 15.1 Å². The van der Waals surface area contributed by atoms with Crippen LogP contribution in [0.4, 0.5) is 19.1 Å². The van der Waals surface area contributed by atoms with E-state index >= 15 is 0 Å². The number of carbonyl (C=O) groups is 1. The molecule has 1 fully saturated rings. The summed E-state index contributed by atoms with van der Waals surface area (Å²) in [5.41, 5.74) is 1.49. The van der Waals surface area contributed by atoms with E-state index < -0.39 is 11.7 Å². The number of fused-ring (bicyclic) bond motifs is 1. The molecule has 1 aliphatic heterocycles. The minimum absolute atomic E-state index is 0.0511. The quantitative estimate of drug-likeness (QED) is 0.490. The fraction of sp³-hybridized carbons (Fsp3) is 0.522.